The molecule has 3 aromatic rings. The van der Waals surface area contributed by atoms with Crippen LogP contribution in [0.4, 0.5) is 5.82 Å². The average Bonchev–Trinajstić information content (AvgIpc) is 3.07. The number of aliphatic hydroxyl groups is 1. The number of aliphatic hydroxyl groups excluding tert-OH is 1. The lowest BCUT2D eigenvalue weighted by Crippen LogP contribution is -2.45. The first-order valence-corrected chi connectivity index (χ1v) is 11.6. The number of aromatic nitrogens is 3. The van der Waals surface area contributed by atoms with Gasteiger partial charge in [-0.05, 0) is 42.7 Å². The third-order valence-electron chi connectivity index (χ3n) is 7.01. The fraction of sp³-hybridized carbons (Fsp3) is 0.375. The zero-order chi connectivity index (χ0) is 22.5. The first kappa shape index (κ1) is 21.6. The van der Waals surface area contributed by atoms with E-state index in [1.165, 1.54) is 17.3 Å². The van der Waals surface area contributed by atoms with Crippen molar-refractivity contribution < 1.29 is 5.11 Å². The maximum Gasteiger partial charge on any atom is 0.153 e. The van der Waals surface area contributed by atoms with Gasteiger partial charge in [0.25, 0.3) is 0 Å². The van der Waals surface area contributed by atoms with E-state index in [9.17, 15) is 5.11 Å². The Balaban J connectivity index is 1.42. The van der Waals surface area contributed by atoms with Gasteiger partial charge in [-0.2, -0.15) is 0 Å². The number of halogens is 2. The van der Waals surface area contributed by atoms with Crippen LogP contribution >= 0.6 is 23.2 Å². The zero-order valence-electron chi connectivity index (χ0n) is 17.9. The molecule has 0 unspecified atom stereocenters. The lowest BCUT2D eigenvalue weighted by Gasteiger charge is -2.43. The number of piperidine rings is 1. The highest BCUT2D eigenvalue weighted by atomic mass is 35.5. The Labute approximate surface area is 197 Å². The van der Waals surface area contributed by atoms with E-state index in [2.05, 4.69) is 34.1 Å². The maximum atomic E-state index is 10.1. The summed E-state index contributed by atoms with van der Waals surface area (Å²) < 4.78 is 0. The summed E-state index contributed by atoms with van der Waals surface area (Å²) in [6.45, 7) is 3.32. The third kappa shape index (κ3) is 3.46. The summed E-state index contributed by atoms with van der Waals surface area (Å²) in [7, 11) is 0. The van der Waals surface area contributed by atoms with Crippen molar-refractivity contribution >= 4 is 29.0 Å². The topological polar surface area (TPSA) is 88.2 Å². The summed E-state index contributed by atoms with van der Waals surface area (Å²) in [6.07, 6.45) is 6.08. The Bertz CT molecular complexity index is 1180. The molecular formula is C24H25Cl2N5O. The second kappa shape index (κ2) is 8.27. The van der Waals surface area contributed by atoms with Crippen molar-refractivity contribution in [3.63, 3.8) is 0 Å². The van der Waals surface area contributed by atoms with Gasteiger partial charge in [0.2, 0.25) is 0 Å². The lowest BCUT2D eigenvalue weighted by molar-refractivity contribution is 0.186. The number of anilines is 1. The molecule has 0 bridgehead atoms. The molecule has 1 aliphatic heterocycles. The van der Waals surface area contributed by atoms with Gasteiger partial charge in [0.15, 0.2) is 5.82 Å². The molecule has 3 heterocycles. The second-order valence-corrected chi connectivity index (χ2v) is 9.56. The highest BCUT2D eigenvalue weighted by Gasteiger charge is 2.46. The van der Waals surface area contributed by atoms with E-state index in [-0.39, 0.29) is 18.1 Å². The molecule has 32 heavy (non-hydrogen) atoms. The van der Waals surface area contributed by atoms with Crippen LogP contribution in [-0.2, 0) is 13.0 Å². The van der Waals surface area contributed by atoms with Crippen LogP contribution in [0.3, 0.4) is 0 Å². The number of nitrogens with two attached hydrogens (primary N) is 1. The molecule has 1 aliphatic carbocycles. The molecule has 3 N–H and O–H groups in total. The molecular weight excluding hydrogens is 445 g/mol. The summed E-state index contributed by atoms with van der Waals surface area (Å²) in [5.41, 5.74) is 11.9. The number of benzene rings is 1. The lowest BCUT2D eigenvalue weighted by atomic mass is 9.73. The van der Waals surface area contributed by atoms with E-state index in [1.54, 1.807) is 6.20 Å². The molecule has 0 amide bonds. The summed E-state index contributed by atoms with van der Waals surface area (Å²) >= 11 is 12.5. The van der Waals surface area contributed by atoms with Gasteiger partial charge in [-0.3, -0.25) is 4.98 Å². The molecule has 0 radical (unpaired) electrons. The number of hydrogen-bond donors (Lipinski definition) is 2. The molecule has 5 rings (SSSR count). The Hall–Kier alpha value is -2.25. The largest absolute Gasteiger partial charge is 0.390 e. The van der Waals surface area contributed by atoms with E-state index in [4.69, 9.17) is 38.9 Å². The molecule has 8 heteroatoms. The van der Waals surface area contributed by atoms with Crippen molar-refractivity contribution in [2.45, 2.75) is 38.8 Å². The molecule has 1 atom stereocenters. The Morgan fingerprint density at radius 1 is 1.16 bits per heavy atom. The quantitative estimate of drug-likeness (QED) is 0.587. The van der Waals surface area contributed by atoms with E-state index >= 15 is 0 Å². The van der Waals surface area contributed by atoms with Gasteiger partial charge in [-0.25, -0.2) is 9.97 Å². The van der Waals surface area contributed by atoms with Gasteiger partial charge in [0.05, 0.1) is 28.0 Å². The van der Waals surface area contributed by atoms with Gasteiger partial charge in [0.1, 0.15) is 5.69 Å². The summed E-state index contributed by atoms with van der Waals surface area (Å²) in [6, 6.07) is 8.58. The van der Waals surface area contributed by atoms with Crippen LogP contribution < -0.4 is 10.6 Å². The average molecular weight is 470 g/mol. The normalized spacial score (nSPS) is 19.4. The smallest absolute Gasteiger partial charge is 0.153 e. The van der Waals surface area contributed by atoms with E-state index in [0.29, 0.717) is 32.7 Å². The summed E-state index contributed by atoms with van der Waals surface area (Å²) in [4.78, 5) is 15.9. The van der Waals surface area contributed by atoms with E-state index in [0.717, 1.165) is 38.2 Å². The minimum absolute atomic E-state index is 0.0610. The van der Waals surface area contributed by atoms with Gasteiger partial charge < -0.3 is 15.7 Å². The number of aryl methyl sites for hydroxylation is 1. The van der Waals surface area contributed by atoms with Gasteiger partial charge in [-0.1, -0.05) is 47.5 Å². The first-order valence-electron chi connectivity index (χ1n) is 10.8. The van der Waals surface area contributed by atoms with Crippen LogP contribution in [0.25, 0.3) is 11.3 Å². The van der Waals surface area contributed by atoms with Crippen molar-refractivity contribution in [2.24, 2.45) is 11.1 Å². The number of pyridine rings is 1. The molecule has 166 valence electrons. The highest BCUT2D eigenvalue weighted by Crippen LogP contribution is 2.51. The molecule has 6 nitrogen and oxygen atoms in total. The van der Waals surface area contributed by atoms with Crippen LogP contribution in [0.1, 0.15) is 41.4 Å². The van der Waals surface area contributed by atoms with Crippen molar-refractivity contribution in [2.75, 3.05) is 18.0 Å². The van der Waals surface area contributed by atoms with E-state index in [1.807, 2.05) is 6.92 Å². The molecule has 2 aromatic heterocycles. The Kier molecular flexibility index (Phi) is 5.58. The maximum absolute atomic E-state index is 10.1. The van der Waals surface area contributed by atoms with Crippen molar-refractivity contribution in [1.82, 2.24) is 15.0 Å². The zero-order valence-corrected chi connectivity index (χ0v) is 19.4. The number of rotatable bonds is 3. The fourth-order valence-electron chi connectivity index (χ4n) is 5.21. The van der Waals surface area contributed by atoms with Crippen molar-refractivity contribution in [1.29, 1.82) is 0 Å². The van der Waals surface area contributed by atoms with Crippen LogP contribution in [0.15, 0.2) is 36.7 Å². The third-order valence-corrected chi connectivity index (χ3v) is 7.81. The van der Waals surface area contributed by atoms with Gasteiger partial charge >= 0.3 is 0 Å². The minimum atomic E-state index is -0.214. The van der Waals surface area contributed by atoms with Crippen LogP contribution in [0.2, 0.25) is 10.0 Å². The molecule has 2 aliphatic rings. The predicted octanol–water partition coefficient (Wildman–Crippen LogP) is 4.49. The van der Waals surface area contributed by atoms with Crippen molar-refractivity contribution in [3.8, 4) is 11.3 Å². The first-order chi connectivity index (χ1) is 15.4. The molecule has 1 saturated heterocycles. The molecule has 0 saturated carbocycles. The number of hydrogen-bond acceptors (Lipinski definition) is 6. The van der Waals surface area contributed by atoms with Crippen LogP contribution in [0, 0.1) is 12.3 Å². The van der Waals surface area contributed by atoms with Crippen LogP contribution in [0.5, 0.6) is 0 Å². The van der Waals surface area contributed by atoms with Crippen LogP contribution in [-0.4, -0.2) is 33.1 Å². The second-order valence-electron chi connectivity index (χ2n) is 8.77. The molecule has 1 spiro atoms. The number of nitrogens with zero attached hydrogens (tertiary/aromatic N) is 4. The SMILES string of the molecule is Cc1nc(N2CCC3(CC2)Cc2ccccc2[C@H]3N)c(CO)nc1-c1cncc(Cl)c1Cl. The Morgan fingerprint density at radius 2 is 1.91 bits per heavy atom. The number of fused-ring (bicyclic) bond motifs is 1. The minimum Gasteiger partial charge on any atom is -0.390 e. The standard InChI is InChI=1S/C24H25Cl2N5O/c1-14-21(17-11-28-12-18(25)20(17)26)30-19(13-32)23(29-14)31-8-6-24(7-9-31)10-15-4-2-3-5-16(15)22(24)27/h2-5,11-12,22,32H,6-10,13,27H2,1H3/t22-/m1/s1. The molecule has 1 fully saturated rings. The predicted molar refractivity (Wildman–Crippen MR) is 127 cm³/mol. The highest BCUT2D eigenvalue weighted by molar-refractivity contribution is 6.43. The van der Waals surface area contributed by atoms with E-state index < -0.39 is 0 Å². The van der Waals surface area contributed by atoms with Crippen molar-refractivity contribution in [3.05, 3.63) is 69.2 Å². The Morgan fingerprint density at radius 3 is 2.62 bits per heavy atom. The van der Waals surface area contributed by atoms with Gasteiger partial charge in [0, 0.05) is 37.1 Å². The summed E-state index contributed by atoms with van der Waals surface area (Å²) in [5.74, 6) is 0.721. The molecule has 1 aromatic carbocycles. The fourth-order valence-corrected chi connectivity index (χ4v) is 5.56. The monoisotopic (exact) mass is 469 g/mol. The summed E-state index contributed by atoms with van der Waals surface area (Å²) in [5, 5.41) is 10.8. The van der Waals surface area contributed by atoms with Gasteiger partial charge in [-0.15, -0.1) is 0 Å².